The minimum atomic E-state index is -0.237. The van der Waals surface area contributed by atoms with Crippen LogP contribution in [0, 0.1) is 0 Å². The number of pyridine rings is 1. The molecule has 3 aromatic heterocycles. The molecule has 0 saturated carbocycles. The van der Waals surface area contributed by atoms with E-state index in [0.29, 0.717) is 22.0 Å². The molecule has 29 heavy (non-hydrogen) atoms. The molecule has 0 unspecified atom stereocenters. The average molecular weight is 398 g/mol. The lowest BCUT2D eigenvalue weighted by molar-refractivity contribution is 0.102. The van der Waals surface area contributed by atoms with Crippen molar-refractivity contribution >= 4 is 33.3 Å². The Balaban J connectivity index is 1.42. The second-order valence-corrected chi connectivity index (χ2v) is 7.20. The number of amides is 1. The van der Waals surface area contributed by atoms with Crippen LogP contribution in [-0.2, 0) is 0 Å². The number of rotatable bonds is 4. The number of carbonyl (C=O) groups excluding carboxylic acids is 1. The van der Waals surface area contributed by atoms with Gasteiger partial charge in [0.1, 0.15) is 5.52 Å². The van der Waals surface area contributed by atoms with E-state index in [1.807, 2.05) is 47.8 Å². The van der Waals surface area contributed by atoms with Crippen LogP contribution < -0.4 is 5.32 Å². The van der Waals surface area contributed by atoms with Gasteiger partial charge in [-0.25, -0.2) is 4.98 Å². The molecular formula is C22H14N4O2S. The van der Waals surface area contributed by atoms with Crippen molar-refractivity contribution < 1.29 is 9.32 Å². The van der Waals surface area contributed by atoms with Gasteiger partial charge in [0.15, 0.2) is 10.9 Å². The fraction of sp³-hybridized carbons (Fsp3) is 0. The SMILES string of the molecule is O=C(Nc1nc(-c2cccnc2)cs1)c1ccc2noc(-c3ccccc3)c2c1. The Bertz CT molecular complexity index is 1300. The quantitative estimate of drug-likeness (QED) is 0.446. The summed E-state index contributed by atoms with van der Waals surface area (Å²) in [4.78, 5) is 21.3. The second-order valence-electron chi connectivity index (χ2n) is 6.34. The average Bonchev–Trinajstić information content (AvgIpc) is 3.41. The van der Waals surface area contributed by atoms with E-state index in [9.17, 15) is 4.79 Å². The number of hydrogen-bond donors (Lipinski definition) is 1. The normalized spacial score (nSPS) is 10.9. The van der Waals surface area contributed by atoms with Gasteiger partial charge in [-0.2, -0.15) is 0 Å². The fourth-order valence-electron chi connectivity index (χ4n) is 3.03. The van der Waals surface area contributed by atoms with Crippen molar-refractivity contribution in [2.45, 2.75) is 0 Å². The van der Waals surface area contributed by atoms with Gasteiger partial charge in [-0.1, -0.05) is 35.5 Å². The van der Waals surface area contributed by atoms with Crippen LogP contribution in [0.3, 0.4) is 0 Å². The molecule has 0 radical (unpaired) electrons. The fourth-order valence-corrected chi connectivity index (χ4v) is 3.74. The highest BCUT2D eigenvalue weighted by atomic mass is 32.1. The number of nitrogens with zero attached hydrogens (tertiary/aromatic N) is 3. The molecule has 7 heteroatoms. The number of fused-ring (bicyclic) bond motifs is 1. The first-order chi connectivity index (χ1) is 14.3. The second kappa shape index (κ2) is 7.29. The highest BCUT2D eigenvalue weighted by molar-refractivity contribution is 7.14. The van der Waals surface area contributed by atoms with Crippen molar-refractivity contribution in [3.05, 3.63) is 84.0 Å². The van der Waals surface area contributed by atoms with E-state index in [4.69, 9.17) is 4.52 Å². The number of benzene rings is 2. The van der Waals surface area contributed by atoms with Crippen LogP contribution in [0.5, 0.6) is 0 Å². The molecule has 1 amide bonds. The molecule has 0 bridgehead atoms. The maximum Gasteiger partial charge on any atom is 0.257 e. The Labute approximate surface area is 169 Å². The van der Waals surface area contributed by atoms with E-state index in [0.717, 1.165) is 22.2 Å². The van der Waals surface area contributed by atoms with Crippen molar-refractivity contribution in [3.63, 3.8) is 0 Å². The zero-order valence-corrected chi connectivity index (χ0v) is 15.9. The Morgan fingerprint density at radius 1 is 1.00 bits per heavy atom. The summed E-state index contributed by atoms with van der Waals surface area (Å²) in [5.74, 6) is 0.405. The molecular weight excluding hydrogens is 384 g/mol. The molecule has 2 aromatic carbocycles. The van der Waals surface area contributed by atoms with Crippen LogP contribution in [0.4, 0.5) is 5.13 Å². The van der Waals surface area contributed by atoms with Crippen LogP contribution in [0.25, 0.3) is 33.5 Å². The number of carbonyl (C=O) groups is 1. The highest BCUT2D eigenvalue weighted by Crippen LogP contribution is 2.30. The minimum absolute atomic E-state index is 0.237. The molecule has 5 aromatic rings. The Hall–Kier alpha value is -3.84. The summed E-state index contributed by atoms with van der Waals surface area (Å²) < 4.78 is 5.51. The standard InChI is InChI=1S/C22H14N4O2S/c27-21(25-22-24-19(13-29-22)16-7-4-10-23-12-16)15-8-9-18-17(11-15)20(28-26-18)14-5-2-1-3-6-14/h1-13H,(H,24,25,27). The Kier molecular flexibility index (Phi) is 4.34. The molecule has 140 valence electrons. The molecule has 6 nitrogen and oxygen atoms in total. The summed E-state index contributed by atoms with van der Waals surface area (Å²) >= 11 is 1.37. The summed E-state index contributed by atoms with van der Waals surface area (Å²) in [6, 6.07) is 18.8. The predicted molar refractivity (Wildman–Crippen MR) is 113 cm³/mol. The van der Waals surface area contributed by atoms with Gasteiger partial charge in [-0.15, -0.1) is 11.3 Å². The van der Waals surface area contributed by atoms with Gasteiger partial charge in [0.2, 0.25) is 0 Å². The first kappa shape index (κ1) is 17.3. The molecule has 0 fully saturated rings. The maximum atomic E-state index is 12.8. The molecule has 0 aliphatic carbocycles. The van der Waals surface area contributed by atoms with E-state index < -0.39 is 0 Å². The molecule has 3 heterocycles. The first-order valence-corrected chi connectivity index (χ1v) is 9.78. The monoisotopic (exact) mass is 398 g/mol. The smallest absolute Gasteiger partial charge is 0.257 e. The summed E-state index contributed by atoms with van der Waals surface area (Å²) in [6.45, 7) is 0. The molecule has 1 N–H and O–H groups in total. The highest BCUT2D eigenvalue weighted by Gasteiger charge is 2.15. The third-order valence-electron chi connectivity index (χ3n) is 4.46. The van der Waals surface area contributed by atoms with E-state index in [-0.39, 0.29) is 5.91 Å². The number of anilines is 1. The Morgan fingerprint density at radius 2 is 1.86 bits per heavy atom. The van der Waals surface area contributed by atoms with Crippen molar-refractivity contribution in [1.82, 2.24) is 15.1 Å². The van der Waals surface area contributed by atoms with Gasteiger partial charge in [-0.3, -0.25) is 15.1 Å². The van der Waals surface area contributed by atoms with E-state index in [1.165, 1.54) is 11.3 Å². The lowest BCUT2D eigenvalue weighted by atomic mass is 10.1. The lowest BCUT2D eigenvalue weighted by Gasteiger charge is -2.02. The van der Waals surface area contributed by atoms with Crippen molar-refractivity contribution in [2.75, 3.05) is 5.32 Å². The van der Waals surface area contributed by atoms with E-state index in [1.54, 1.807) is 30.6 Å². The van der Waals surface area contributed by atoms with Crippen LogP contribution in [0.15, 0.2) is 83.0 Å². The number of hydrogen-bond acceptors (Lipinski definition) is 6. The van der Waals surface area contributed by atoms with E-state index >= 15 is 0 Å². The molecule has 0 aliphatic heterocycles. The third kappa shape index (κ3) is 3.39. The van der Waals surface area contributed by atoms with E-state index in [2.05, 4.69) is 20.4 Å². The summed E-state index contributed by atoms with van der Waals surface area (Å²) in [5.41, 5.74) is 3.81. The van der Waals surface area contributed by atoms with Gasteiger partial charge in [-0.05, 0) is 30.3 Å². The van der Waals surface area contributed by atoms with Gasteiger partial charge in [0.05, 0.1) is 11.1 Å². The van der Waals surface area contributed by atoms with Crippen LogP contribution in [0.1, 0.15) is 10.4 Å². The topological polar surface area (TPSA) is 80.9 Å². The number of nitrogens with one attached hydrogen (secondary N) is 1. The van der Waals surface area contributed by atoms with Crippen LogP contribution in [0.2, 0.25) is 0 Å². The number of thiazole rings is 1. The zero-order valence-electron chi connectivity index (χ0n) is 15.1. The van der Waals surface area contributed by atoms with Crippen molar-refractivity contribution in [3.8, 4) is 22.6 Å². The molecule has 0 spiro atoms. The summed E-state index contributed by atoms with van der Waals surface area (Å²) in [6.07, 6.45) is 3.45. The molecule has 0 saturated heterocycles. The summed E-state index contributed by atoms with van der Waals surface area (Å²) in [7, 11) is 0. The van der Waals surface area contributed by atoms with Crippen LogP contribution >= 0.6 is 11.3 Å². The molecule has 0 atom stereocenters. The Morgan fingerprint density at radius 3 is 2.69 bits per heavy atom. The summed E-state index contributed by atoms with van der Waals surface area (Å²) in [5, 5.41) is 10.2. The first-order valence-electron chi connectivity index (χ1n) is 8.90. The van der Waals surface area contributed by atoms with Gasteiger partial charge >= 0.3 is 0 Å². The van der Waals surface area contributed by atoms with Gasteiger partial charge < -0.3 is 4.52 Å². The minimum Gasteiger partial charge on any atom is -0.355 e. The van der Waals surface area contributed by atoms with Gasteiger partial charge in [0, 0.05) is 34.5 Å². The predicted octanol–water partition coefficient (Wildman–Crippen LogP) is 5.27. The molecule has 5 rings (SSSR count). The number of aromatic nitrogens is 3. The lowest BCUT2D eigenvalue weighted by Crippen LogP contribution is -2.11. The van der Waals surface area contributed by atoms with Crippen LogP contribution in [-0.4, -0.2) is 21.0 Å². The van der Waals surface area contributed by atoms with Gasteiger partial charge in [0.25, 0.3) is 5.91 Å². The molecule has 0 aliphatic rings. The zero-order chi connectivity index (χ0) is 19.6. The van der Waals surface area contributed by atoms with Crippen molar-refractivity contribution in [2.24, 2.45) is 0 Å². The maximum absolute atomic E-state index is 12.8. The van der Waals surface area contributed by atoms with Crippen molar-refractivity contribution in [1.29, 1.82) is 0 Å². The third-order valence-corrected chi connectivity index (χ3v) is 5.21. The largest absolute Gasteiger partial charge is 0.355 e.